The molecule has 2 aromatic heterocycles. The van der Waals surface area contributed by atoms with E-state index in [1.807, 2.05) is 0 Å². The zero-order valence-electron chi connectivity index (χ0n) is 14.1. The first kappa shape index (κ1) is 16.9. The largest absolute Gasteiger partial charge is 0.391 e. The molecule has 1 unspecified atom stereocenters. The monoisotopic (exact) mass is 358 g/mol. The number of aliphatic hydroxyl groups is 1. The lowest BCUT2D eigenvalue weighted by Crippen LogP contribution is -2.34. The Morgan fingerprint density at radius 1 is 1.27 bits per heavy atom. The van der Waals surface area contributed by atoms with Crippen LogP contribution in [0.25, 0.3) is 16.7 Å². The first-order valence-corrected chi connectivity index (χ1v) is 8.58. The third-order valence-corrected chi connectivity index (χ3v) is 4.82. The van der Waals surface area contributed by atoms with Crippen molar-refractivity contribution in [3.8, 4) is 5.69 Å². The van der Waals surface area contributed by atoms with Crippen LogP contribution in [-0.4, -0.2) is 43.8 Å². The van der Waals surface area contributed by atoms with Crippen molar-refractivity contribution in [3.05, 3.63) is 53.0 Å². The van der Waals surface area contributed by atoms with E-state index in [1.54, 1.807) is 12.1 Å². The SMILES string of the molecule is O=c1c2cnn(-c3ccc(F)cc3)c2ncn1CC(O)C1CCOCC1. The molecule has 0 bridgehead atoms. The zero-order valence-corrected chi connectivity index (χ0v) is 14.1. The van der Waals surface area contributed by atoms with E-state index in [0.717, 1.165) is 12.8 Å². The molecule has 1 fully saturated rings. The van der Waals surface area contributed by atoms with Gasteiger partial charge in [0.25, 0.3) is 5.56 Å². The summed E-state index contributed by atoms with van der Waals surface area (Å²) in [5.74, 6) is -0.226. The molecule has 0 amide bonds. The third kappa shape index (κ3) is 3.13. The van der Waals surface area contributed by atoms with Crippen LogP contribution >= 0.6 is 0 Å². The lowest BCUT2D eigenvalue weighted by atomic mass is 9.94. The van der Waals surface area contributed by atoms with E-state index in [0.29, 0.717) is 29.9 Å². The van der Waals surface area contributed by atoms with Gasteiger partial charge in [0.15, 0.2) is 5.65 Å². The summed E-state index contributed by atoms with van der Waals surface area (Å²) in [6, 6.07) is 5.80. The number of hydrogen-bond donors (Lipinski definition) is 1. The first-order chi connectivity index (χ1) is 12.6. The molecule has 0 spiro atoms. The standard InChI is InChI=1S/C18H19FN4O3/c19-13-1-3-14(4-2-13)23-17-15(9-21-23)18(25)22(11-20-17)10-16(24)12-5-7-26-8-6-12/h1-4,9,11-12,16,24H,5-8,10H2. The summed E-state index contributed by atoms with van der Waals surface area (Å²) < 4.78 is 21.3. The van der Waals surface area contributed by atoms with Crippen LogP contribution in [0.4, 0.5) is 4.39 Å². The maximum absolute atomic E-state index is 13.1. The van der Waals surface area contributed by atoms with Crippen LogP contribution < -0.4 is 5.56 Å². The average Bonchev–Trinajstić information content (AvgIpc) is 3.10. The molecule has 4 rings (SSSR count). The van der Waals surface area contributed by atoms with Gasteiger partial charge in [-0.05, 0) is 43.0 Å². The number of ether oxygens (including phenoxy) is 1. The molecule has 1 aliphatic rings. The van der Waals surface area contributed by atoms with Crippen LogP contribution in [-0.2, 0) is 11.3 Å². The fourth-order valence-electron chi connectivity index (χ4n) is 3.30. The van der Waals surface area contributed by atoms with Crippen molar-refractivity contribution in [2.24, 2.45) is 5.92 Å². The molecule has 1 saturated heterocycles. The Labute approximate surface area is 148 Å². The molecule has 0 aliphatic carbocycles. The van der Waals surface area contributed by atoms with Gasteiger partial charge in [-0.25, -0.2) is 14.1 Å². The van der Waals surface area contributed by atoms with Gasteiger partial charge in [0, 0.05) is 13.2 Å². The van der Waals surface area contributed by atoms with Gasteiger partial charge in [-0.1, -0.05) is 0 Å². The minimum absolute atomic E-state index is 0.119. The van der Waals surface area contributed by atoms with Gasteiger partial charge in [0.05, 0.1) is 24.5 Å². The fourth-order valence-corrected chi connectivity index (χ4v) is 3.30. The Morgan fingerprint density at radius 3 is 2.73 bits per heavy atom. The number of nitrogens with zero attached hydrogens (tertiary/aromatic N) is 4. The highest BCUT2D eigenvalue weighted by atomic mass is 19.1. The van der Waals surface area contributed by atoms with Gasteiger partial charge in [0.1, 0.15) is 17.5 Å². The fraction of sp³-hybridized carbons (Fsp3) is 0.389. The molecule has 1 aromatic carbocycles. The van der Waals surface area contributed by atoms with Crippen molar-refractivity contribution in [1.82, 2.24) is 19.3 Å². The second kappa shape index (κ2) is 6.97. The Morgan fingerprint density at radius 2 is 2.00 bits per heavy atom. The Hall–Kier alpha value is -2.58. The van der Waals surface area contributed by atoms with E-state index in [9.17, 15) is 14.3 Å². The molecule has 26 heavy (non-hydrogen) atoms. The van der Waals surface area contributed by atoms with E-state index in [-0.39, 0.29) is 23.8 Å². The number of halogens is 1. The van der Waals surface area contributed by atoms with Crippen molar-refractivity contribution in [2.45, 2.75) is 25.5 Å². The predicted molar refractivity (Wildman–Crippen MR) is 92.6 cm³/mol. The molecule has 1 N–H and O–H groups in total. The summed E-state index contributed by atoms with van der Waals surface area (Å²) in [5.41, 5.74) is 0.765. The normalized spacial score (nSPS) is 16.8. The van der Waals surface area contributed by atoms with Crippen LogP contribution in [0.3, 0.4) is 0 Å². The highest BCUT2D eigenvalue weighted by molar-refractivity contribution is 5.74. The predicted octanol–water partition coefficient (Wildman–Crippen LogP) is 1.51. The van der Waals surface area contributed by atoms with Crippen LogP contribution in [0.5, 0.6) is 0 Å². The van der Waals surface area contributed by atoms with Crippen LogP contribution in [0.2, 0.25) is 0 Å². The minimum Gasteiger partial charge on any atom is -0.391 e. The molecule has 1 atom stereocenters. The van der Waals surface area contributed by atoms with Crippen molar-refractivity contribution >= 4 is 11.0 Å². The summed E-state index contributed by atoms with van der Waals surface area (Å²) in [7, 11) is 0. The van der Waals surface area contributed by atoms with Crippen LogP contribution in [0, 0.1) is 11.7 Å². The van der Waals surface area contributed by atoms with Crippen LogP contribution in [0.15, 0.2) is 41.6 Å². The molecule has 136 valence electrons. The molecule has 3 aromatic rings. The maximum Gasteiger partial charge on any atom is 0.264 e. The van der Waals surface area contributed by atoms with Gasteiger partial charge in [0.2, 0.25) is 0 Å². The molecule has 1 aliphatic heterocycles. The van der Waals surface area contributed by atoms with Gasteiger partial charge in [-0.3, -0.25) is 9.36 Å². The van der Waals surface area contributed by atoms with E-state index in [4.69, 9.17) is 4.74 Å². The van der Waals surface area contributed by atoms with Crippen molar-refractivity contribution in [2.75, 3.05) is 13.2 Å². The van der Waals surface area contributed by atoms with E-state index in [2.05, 4.69) is 10.1 Å². The quantitative estimate of drug-likeness (QED) is 0.764. The minimum atomic E-state index is -0.622. The first-order valence-electron chi connectivity index (χ1n) is 8.58. The summed E-state index contributed by atoms with van der Waals surface area (Å²) in [6.07, 6.45) is 3.82. The molecular weight excluding hydrogens is 339 g/mol. The molecule has 0 saturated carbocycles. The number of aliphatic hydroxyl groups excluding tert-OH is 1. The van der Waals surface area contributed by atoms with E-state index < -0.39 is 6.10 Å². The van der Waals surface area contributed by atoms with Crippen molar-refractivity contribution in [3.63, 3.8) is 0 Å². The van der Waals surface area contributed by atoms with Crippen LogP contribution in [0.1, 0.15) is 12.8 Å². The second-order valence-electron chi connectivity index (χ2n) is 6.49. The van der Waals surface area contributed by atoms with E-state index in [1.165, 1.54) is 33.9 Å². The average molecular weight is 358 g/mol. The summed E-state index contributed by atoms with van der Waals surface area (Å²) in [5, 5.41) is 15.0. The number of fused-ring (bicyclic) bond motifs is 1. The smallest absolute Gasteiger partial charge is 0.264 e. The summed E-state index contributed by atoms with van der Waals surface area (Å²) in [4.78, 5) is 17.1. The van der Waals surface area contributed by atoms with Crippen molar-refractivity contribution < 1.29 is 14.2 Å². The number of benzene rings is 1. The number of aromatic nitrogens is 4. The highest BCUT2D eigenvalue weighted by Gasteiger charge is 2.23. The molecule has 0 radical (unpaired) electrons. The Bertz CT molecular complexity index is 961. The molecular formula is C18H19FN4O3. The van der Waals surface area contributed by atoms with Gasteiger partial charge in [-0.2, -0.15) is 5.10 Å². The molecule has 8 heteroatoms. The lowest BCUT2D eigenvalue weighted by Gasteiger charge is -2.26. The maximum atomic E-state index is 13.1. The van der Waals surface area contributed by atoms with Gasteiger partial charge >= 0.3 is 0 Å². The summed E-state index contributed by atoms with van der Waals surface area (Å²) >= 11 is 0. The zero-order chi connectivity index (χ0) is 18.1. The van der Waals surface area contributed by atoms with Gasteiger partial charge < -0.3 is 9.84 Å². The Balaban J connectivity index is 1.63. The van der Waals surface area contributed by atoms with Crippen molar-refractivity contribution in [1.29, 1.82) is 0 Å². The highest BCUT2D eigenvalue weighted by Crippen LogP contribution is 2.20. The third-order valence-electron chi connectivity index (χ3n) is 4.82. The lowest BCUT2D eigenvalue weighted by molar-refractivity contribution is 0.00124. The second-order valence-corrected chi connectivity index (χ2v) is 6.49. The number of hydrogen-bond acceptors (Lipinski definition) is 5. The summed E-state index contributed by atoms with van der Waals surface area (Å²) in [6.45, 7) is 1.46. The van der Waals surface area contributed by atoms with E-state index >= 15 is 0 Å². The number of rotatable bonds is 4. The molecule has 7 nitrogen and oxygen atoms in total. The molecule has 3 heterocycles. The Kier molecular flexibility index (Phi) is 4.52. The topological polar surface area (TPSA) is 82.2 Å². The van der Waals surface area contributed by atoms with Gasteiger partial charge in [-0.15, -0.1) is 0 Å².